The summed E-state index contributed by atoms with van der Waals surface area (Å²) in [5.74, 6) is 0.389. The van der Waals surface area contributed by atoms with Crippen LogP contribution in [0.3, 0.4) is 0 Å². The molecule has 7 nitrogen and oxygen atoms in total. The summed E-state index contributed by atoms with van der Waals surface area (Å²) in [6.07, 6.45) is 3.22. The maximum atomic E-state index is 13.0. The van der Waals surface area contributed by atoms with E-state index in [0.717, 1.165) is 11.8 Å². The van der Waals surface area contributed by atoms with Crippen LogP contribution in [0, 0.1) is 0 Å². The average Bonchev–Trinajstić information content (AvgIpc) is 3.18. The first-order chi connectivity index (χ1) is 16.0. The number of hydrogen-bond acceptors (Lipinski definition) is 5. The molecule has 2 N–H and O–H groups in total. The van der Waals surface area contributed by atoms with E-state index in [0.29, 0.717) is 38.8 Å². The van der Waals surface area contributed by atoms with E-state index in [1.54, 1.807) is 54.7 Å². The molecule has 4 aromatic rings. The topological polar surface area (TPSA) is 105 Å². The summed E-state index contributed by atoms with van der Waals surface area (Å²) in [4.78, 5) is 3.22. The maximum absolute atomic E-state index is 13.0. The molecule has 0 bridgehead atoms. The van der Waals surface area contributed by atoms with Gasteiger partial charge in [-0.2, -0.15) is 0 Å². The third-order valence-corrected chi connectivity index (χ3v) is 8.21. The third kappa shape index (κ3) is 5.33. The minimum absolute atomic E-state index is 0.0308. The van der Waals surface area contributed by atoms with Gasteiger partial charge in [0, 0.05) is 30.3 Å². The zero-order valence-electron chi connectivity index (χ0n) is 17.9. The summed E-state index contributed by atoms with van der Waals surface area (Å²) < 4.78 is 57.4. The van der Waals surface area contributed by atoms with Crippen molar-refractivity contribution in [1.82, 2.24) is 4.98 Å². The summed E-state index contributed by atoms with van der Waals surface area (Å²) in [7, 11) is -7.17. The molecule has 4 rings (SSSR count). The summed E-state index contributed by atoms with van der Waals surface area (Å²) in [6, 6.07) is 15.8. The Morgan fingerprint density at radius 2 is 1.65 bits per heavy atom. The Morgan fingerprint density at radius 1 is 0.912 bits per heavy atom. The van der Waals surface area contributed by atoms with Gasteiger partial charge in [0.2, 0.25) is 0 Å². The van der Waals surface area contributed by atoms with E-state index in [4.69, 9.17) is 27.9 Å². The Hall–Kier alpha value is -2.72. The van der Waals surface area contributed by atoms with Gasteiger partial charge < -0.3 is 9.72 Å². The van der Waals surface area contributed by atoms with E-state index in [1.807, 2.05) is 0 Å². The van der Waals surface area contributed by atoms with Crippen molar-refractivity contribution in [3.05, 3.63) is 82.5 Å². The first-order valence-electron chi connectivity index (χ1n) is 10.0. The molecule has 0 fully saturated rings. The second kappa shape index (κ2) is 9.50. The van der Waals surface area contributed by atoms with Crippen molar-refractivity contribution >= 4 is 59.7 Å². The molecule has 0 spiro atoms. The Labute approximate surface area is 207 Å². The van der Waals surface area contributed by atoms with E-state index in [9.17, 15) is 16.8 Å². The third-order valence-electron chi connectivity index (χ3n) is 5.11. The van der Waals surface area contributed by atoms with E-state index in [-0.39, 0.29) is 16.4 Å². The van der Waals surface area contributed by atoms with Gasteiger partial charge in [0.1, 0.15) is 5.75 Å². The molecule has 11 heteroatoms. The smallest absolute Gasteiger partial charge is 0.262 e. The number of nitrogens with one attached hydrogen (secondary N) is 2. The molecular weight excluding hydrogens is 519 g/mol. The van der Waals surface area contributed by atoms with Gasteiger partial charge in [0.25, 0.3) is 10.0 Å². The quantitative estimate of drug-likeness (QED) is 0.316. The second-order valence-corrected chi connectivity index (χ2v) is 12.1. The van der Waals surface area contributed by atoms with Crippen molar-refractivity contribution in [1.29, 1.82) is 0 Å². The van der Waals surface area contributed by atoms with Gasteiger partial charge in [-0.25, -0.2) is 16.8 Å². The number of aromatic amines is 1. The molecule has 0 saturated heterocycles. The lowest BCUT2D eigenvalue weighted by Crippen LogP contribution is -2.13. The lowest BCUT2D eigenvalue weighted by Gasteiger charge is -2.12. The average molecular weight is 539 g/mol. The van der Waals surface area contributed by atoms with Crippen LogP contribution in [0.5, 0.6) is 5.75 Å². The van der Waals surface area contributed by atoms with E-state index < -0.39 is 19.9 Å². The first kappa shape index (κ1) is 24.4. The number of rotatable bonds is 8. The number of ether oxygens (including phenoxy) is 1. The Bertz CT molecular complexity index is 1560. The number of fused-ring (bicyclic) bond motifs is 1. The molecule has 0 unspecified atom stereocenters. The number of sulfonamides is 1. The zero-order valence-corrected chi connectivity index (χ0v) is 21.0. The number of halogens is 2. The van der Waals surface area contributed by atoms with Crippen molar-refractivity contribution in [2.45, 2.75) is 16.2 Å². The molecule has 178 valence electrons. The van der Waals surface area contributed by atoms with Crippen LogP contribution in [0.2, 0.25) is 10.0 Å². The van der Waals surface area contributed by atoms with Crippen LogP contribution in [0.1, 0.15) is 5.56 Å². The fraction of sp³-hybridized carbons (Fsp3) is 0.130. The number of benzene rings is 3. The molecule has 0 atom stereocenters. The highest BCUT2D eigenvalue weighted by Gasteiger charge is 2.18. The van der Waals surface area contributed by atoms with Crippen LogP contribution in [0.25, 0.3) is 10.9 Å². The maximum Gasteiger partial charge on any atom is 0.262 e. The van der Waals surface area contributed by atoms with Crippen LogP contribution in [0.4, 0.5) is 5.69 Å². The van der Waals surface area contributed by atoms with E-state index in [1.165, 1.54) is 12.1 Å². The highest BCUT2D eigenvalue weighted by molar-refractivity contribution is 7.92. The number of sulfone groups is 1. The summed E-state index contributed by atoms with van der Waals surface area (Å²) in [5, 5.41) is 1.33. The van der Waals surface area contributed by atoms with Crippen molar-refractivity contribution in [2.24, 2.45) is 0 Å². The first-order valence-corrected chi connectivity index (χ1v) is 14.2. The lowest BCUT2D eigenvalue weighted by molar-refractivity contribution is 0.321. The highest BCUT2D eigenvalue weighted by Crippen LogP contribution is 2.35. The number of aromatic nitrogens is 1. The number of anilines is 1. The number of H-pyrrole nitrogens is 1. The Kier molecular flexibility index (Phi) is 6.82. The largest absolute Gasteiger partial charge is 0.493 e. The zero-order chi connectivity index (χ0) is 24.5. The SMILES string of the molecule is CS(=O)(=O)c1ccc(CCOc2cccc(S(=O)(=O)Nc3ccc(Cl)c4c(Cl)c[nH]c34)c2)cc1. The predicted octanol–water partition coefficient (Wildman–Crippen LogP) is 5.30. The summed E-state index contributed by atoms with van der Waals surface area (Å²) >= 11 is 12.3. The van der Waals surface area contributed by atoms with Gasteiger partial charge in [0.05, 0.1) is 37.6 Å². The van der Waals surface area contributed by atoms with Gasteiger partial charge >= 0.3 is 0 Å². The standard InChI is InChI=1S/C23H20Cl2N2O5S2/c1-33(28,29)17-7-5-15(6-8-17)11-12-32-16-3-2-4-18(13-16)34(30,31)27-21-10-9-19(24)22-20(25)14-26-23(21)22/h2-10,13-14,26-27H,11-12H2,1H3. The van der Waals surface area contributed by atoms with Crippen LogP contribution >= 0.6 is 23.2 Å². The molecule has 0 saturated carbocycles. The number of hydrogen-bond donors (Lipinski definition) is 2. The fourth-order valence-electron chi connectivity index (χ4n) is 3.38. The fourth-order valence-corrected chi connectivity index (χ4v) is 5.67. The van der Waals surface area contributed by atoms with Gasteiger partial charge in [-0.1, -0.05) is 41.4 Å². The van der Waals surface area contributed by atoms with Crippen molar-refractivity contribution in [3.8, 4) is 5.75 Å². The van der Waals surface area contributed by atoms with Gasteiger partial charge in [-0.05, 0) is 42.0 Å². The van der Waals surface area contributed by atoms with Crippen LogP contribution in [-0.2, 0) is 26.3 Å². The van der Waals surface area contributed by atoms with Gasteiger partial charge in [-0.3, -0.25) is 4.72 Å². The minimum Gasteiger partial charge on any atom is -0.493 e. The summed E-state index contributed by atoms with van der Waals surface area (Å²) in [5.41, 5.74) is 1.69. The van der Waals surface area contributed by atoms with Crippen molar-refractivity contribution in [2.75, 3.05) is 17.6 Å². The lowest BCUT2D eigenvalue weighted by atomic mass is 10.2. The van der Waals surface area contributed by atoms with Crippen LogP contribution < -0.4 is 9.46 Å². The Morgan fingerprint density at radius 3 is 2.35 bits per heavy atom. The molecule has 3 aromatic carbocycles. The predicted molar refractivity (Wildman–Crippen MR) is 134 cm³/mol. The van der Waals surface area contributed by atoms with E-state index >= 15 is 0 Å². The van der Waals surface area contributed by atoms with Crippen LogP contribution in [-0.4, -0.2) is 34.7 Å². The minimum atomic E-state index is -3.92. The molecular formula is C23H20Cl2N2O5S2. The molecule has 0 aliphatic carbocycles. The molecule has 1 heterocycles. The highest BCUT2D eigenvalue weighted by atomic mass is 35.5. The molecule has 0 radical (unpaired) electrons. The monoisotopic (exact) mass is 538 g/mol. The van der Waals surface area contributed by atoms with Crippen molar-refractivity contribution in [3.63, 3.8) is 0 Å². The molecule has 1 aromatic heterocycles. The van der Waals surface area contributed by atoms with Gasteiger partial charge in [0.15, 0.2) is 9.84 Å². The van der Waals surface area contributed by atoms with E-state index in [2.05, 4.69) is 9.71 Å². The normalized spacial score (nSPS) is 12.1. The molecule has 34 heavy (non-hydrogen) atoms. The summed E-state index contributed by atoms with van der Waals surface area (Å²) in [6.45, 7) is 0.286. The second-order valence-electron chi connectivity index (χ2n) is 7.58. The molecule has 0 amide bonds. The van der Waals surface area contributed by atoms with Crippen molar-refractivity contribution < 1.29 is 21.6 Å². The molecule has 0 aliphatic heterocycles. The van der Waals surface area contributed by atoms with Gasteiger partial charge in [-0.15, -0.1) is 0 Å². The van der Waals surface area contributed by atoms with Crippen LogP contribution in [0.15, 0.2) is 76.7 Å². The molecule has 0 aliphatic rings. The Balaban J connectivity index is 1.46.